The zero-order valence-corrected chi connectivity index (χ0v) is 13.8. The van der Waals surface area contributed by atoms with Crippen LogP contribution in [0.15, 0.2) is 48.5 Å². The van der Waals surface area contributed by atoms with Crippen molar-refractivity contribution < 1.29 is 0 Å². The molecule has 0 radical (unpaired) electrons. The summed E-state index contributed by atoms with van der Waals surface area (Å²) in [5.74, 6) is 0.681. The highest BCUT2D eigenvalue weighted by Crippen LogP contribution is 2.46. The van der Waals surface area contributed by atoms with Crippen LogP contribution in [0.4, 0.5) is 0 Å². The largest absolute Gasteiger partial charge is 0.291 e. The molecule has 3 heteroatoms. The predicted octanol–water partition coefficient (Wildman–Crippen LogP) is 5.13. The summed E-state index contributed by atoms with van der Waals surface area (Å²) in [6.45, 7) is 4.25. The average Bonchev–Trinajstić information content (AvgIpc) is 2.82. The Morgan fingerprint density at radius 3 is 1.90 bits per heavy atom. The summed E-state index contributed by atoms with van der Waals surface area (Å²) in [5.41, 5.74) is 5.60. The lowest BCUT2D eigenvalue weighted by Crippen LogP contribution is -2.31. The zero-order valence-electron chi connectivity index (χ0n) is 12.3. The van der Waals surface area contributed by atoms with Crippen LogP contribution in [0.25, 0.3) is 11.1 Å². The van der Waals surface area contributed by atoms with Crippen molar-refractivity contribution >= 4 is 24.0 Å². The van der Waals surface area contributed by atoms with Gasteiger partial charge in [-0.1, -0.05) is 55.5 Å². The first kappa shape index (κ1) is 16.4. The molecule has 0 saturated carbocycles. The van der Waals surface area contributed by atoms with Gasteiger partial charge < -0.3 is 0 Å². The molecule has 0 fully saturated rings. The summed E-state index contributed by atoms with van der Waals surface area (Å²) in [4.78, 5) is 2.51. The Labute approximate surface area is 138 Å². The number of hydrogen-bond acceptors (Lipinski definition) is 1. The molecule has 1 aliphatic rings. The van der Waals surface area contributed by atoms with Crippen LogP contribution in [-0.2, 0) is 0 Å². The molecule has 0 aromatic heterocycles. The van der Waals surface area contributed by atoms with Crippen LogP contribution in [0.5, 0.6) is 0 Å². The molecule has 0 spiro atoms. The molecule has 0 bridgehead atoms. The lowest BCUT2D eigenvalue weighted by molar-refractivity contribution is 0.243. The van der Waals surface area contributed by atoms with Crippen molar-refractivity contribution in [1.82, 2.24) is 4.90 Å². The fraction of sp³-hybridized carbons (Fsp3) is 0.333. The van der Waals surface area contributed by atoms with Gasteiger partial charge in [-0.25, -0.2) is 0 Å². The summed E-state index contributed by atoms with van der Waals surface area (Å²) in [5, 5.41) is 0. The zero-order chi connectivity index (χ0) is 13.9. The van der Waals surface area contributed by atoms with E-state index in [-0.39, 0.29) is 12.4 Å². The second-order valence-electron chi connectivity index (χ2n) is 5.30. The van der Waals surface area contributed by atoms with E-state index in [9.17, 15) is 0 Å². The van der Waals surface area contributed by atoms with Crippen molar-refractivity contribution in [2.45, 2.75) is 19.4 Å². The molecule has 0 N–H and O–H groups in total. The van der Waals surface area contributed by atoms with Gasteiger partial charge in [-0.3, -0.25) is 4.90 Å². The minimum absolute atomic E-state index is 0. The van der Waals surface area contributed by atoms with E-state index in [1.54, 1.807) is 0 Å². The Morgan fingerprint density at radius 2 is 1.43 bits per heavy atom. The number of rotatable bonds is 5. The van der Waals surface area contributed by atoms with Crippen LogP contribution in [-0.4, -0.2) is 23.9 Å². The summed E-state index contributed by atoms with van der Waals surface area (Å²) in [7, 11) is 0. The normalized spacial score (nSPS) is 12.9. The Bertz CT molecular complexity index is 546. The third-order valence-electron chi connectivity index (χ3n) is 4.05. The van der Waals surface area contributed by atoms with Gasteiger partial charge in [0.2, 0.25) is 0 Å². The minimum Gasteiger partial charge on any atom is -0.291 e. The molecular weight excluding hydrogens is 301 g/mol. The maximum atomic E-state index is 6.02. The Balaban J connectivity index is 0.00000161. The molecule has 0 aliphatic heterocycles. The van der Waals surface area contributed by atoms with Gasteiger partial charge in [-0.15, -0.1) is 24.0 Å². The van der Waals surface area contributed by atoms with Crippen molar-refractivity contribution in [3.63, 3.8) is 0 Å². The van der Waals surface area contributed by atoms with Crippen LogP contribution in [0.2, 0.25) is 0 Å². The van der Waals surface area contributed by atoms with E-state index in [4.69, 9.17) is 11.6 Å². The van der Waals surface area contributed by atoms with Gasteiger partial charge in [-0.05, 0) is 35.2 Å². The Morgan fingerprint density at radius 1 is 0.905 bits per heavy atom. The van der Waals surface area contributed by atoms with E-state index in [0.717, 1.165) is 19.5 Å². The summed E-state index contributed by atoms with van der Waals surface area (Å²) in [6, 6.07) is 17.9. The first-order valence-electron chi connectivity index (χ1n) is 7.35. The van der Waals surface area contributed by atoms with Crippen molar-refractivity contribution in [2.75, 3.05) is 19.0 Å². The maximum absolute atomic E-state index is 6.02. The van der Waals surface area contributed by atoms with Crippen LogP contribution in [0.3, 0.4) is 0 Å². The van der Waals surface area contributed by atoms with E-state index in [1.807, 2.05) is 0 Å². The van der Waals surface area contributed by atoms with Crippen molar-refractivity contribution in [2.24, 2.45) is 0 Å². The highest BCUT2D eigenvalue weighted by atomic mass is 35.5. The van der Waals surface area contributed by atoms with E-state index in [2.05, 4.69) is 60.4 Å². The molecule has 2 aromatic carbocycles. The second-order valence-corrected chi connectivity index (χ2v) is 5.68. The minimum atomic E-state index is 0. The Kier molecular flexibility index (Phi) is 5.69. The summed E-state index contributed by atoms with van der Waals surface area (Å²) >= 11 is 6.02. The monoisotopic (exact) mass is 321 g/mol. The topological polar surface area (TPSA) is 3.24 Å². The van der Waals surface area contributed by atoms with Gasteiger partial charge in [0, 0.05) is 12.4 Å². The lowest BCUT2D eigenvalue weighted by atomic mass is 10.0. The molecule has 0 unspecified atom stereocenters. The molecule has 21 heavy (non-hydrogen) atoms. The van der Waals surface area contributed by atoms with Gasteiger partial charge >= 0.3 is 0 Å². The number of fused-ring (bicyclic) bond motifs is 3. The van der Waals surface area contributed by atoms with Crippen LogP contribution in [0, 0.1) is 0 Å². The number of nitrogens with zero attached hydrogens (tertiary/aromatic N) is 1. The summed E-state index contributed by atoms with van der Waals surface area (Å²) in [6.07, 6.45) is 1.15. The van der Waals surface area contributed by atoms with Gasteiger partial charge in [0.1, 0.15) is 0 Å². The van der Waals surface area contributed by atoms with E-state index in [0.29, 0.717) is 11.9 Å². The summed E-state index contributed by atoms with van der Waals surface area (Å²) < 4.78 is 0. The standard InChI is InChI=1S/C18H20ClN.ClH/c1-2-12-20(13-11-19)18-16-9-5-3-7-14(16)15-8-4-6-10-17(15)18;/h3-10,18H,2,11-13H2,1H3;1H. The molecule has 0 atom stereocenters. The van der Waals surface area contributed by atoms with E-state index >= 15 is 0 Å². The van der Waals surface area contributed by atoms with Crippen molar-refractivity contribution in [1.29, 1.82) is 0 Å². The quantitative estimate of drug-likeness (QED) is 0.690. The van der Waals surface area contributed by atoms with E-state index < -0.39 is 0 Å². The van der Waals surface area contributed by atoms with Crippen LogP contribution >= 0.6 is 24.0 Å². The maximum Gasteiger partial charge on any atom is 0.0614 e. The van der Waals surface area contributed by atoms with Crippen LogP contribution < -0.4 is 0 Å². The molecular formula is C18H21Cl2N. The molecule has 0 saturated heterocycles. The highest BCUT2D eigenvalue weighted by molar-refractivity contribution is 6.18. The highest BCUT2D eigenvalue weighted by Gasteiger charge is 2.31. The van der Waals surface area contributed by atoms with Gasteiger partial charge in [0.05, 0.1) is 6.04 Å². The smallest absolute Gasteiger partial charge is 0.0614 e. The molecule has 2 aromatic rings. The molecule has 0 heterocycles. The average molecular weight is 322 g/mol. The predicted molar refractivity (Wildman–Crippen MR) is 93.6 cm³/mol. The van der Waals surface area contributed by atoms with E-state index in [1.165, 1.54) is 22.3 Å². The number of hydrogen-bond donors (Lipinski definition) is 0. The third-order valence-corrected chi connectivity index (χ3v) is 4.22. The van der Waals surface area contributed by atoms with Gasteiger partial charge in [0.25, 0.3) is 0 Å². The Hall–Kier alpha value is -1.02. The third kappa shape index (κ3) is 2.96. The van der Waals surface area contributed by atoms with Crippen molar-refractivity contribution in [3.8, 4) is 11.1 Å². The lowest BCUT2D eigenvalue weighted by Gasteiger charge is -2.29. The van der Waals surface area contributed by atoms with Gasteiger partial charge in [0.15, 0.2) is 0 Å². The number of benzene rings is 2. The second kappa shape index (κ2) is 7.31. The molecule has 0 amide bonds. The first-order valence-corrected chi connectivity index (χ1v) is 7.88. The molecule has 112 valence electrons. The molecule has 1 nitrogen and oxygen atoms in total. The SMILES string of the molecule is CCCN(CCCl)C1c2ccccc2-c2ccccc21.Cl. The molecule has 3 rings (SSSR count). The number of halogens is 2. The number of alkyl halides is 1. The van der Waals surface area contributed by atoms with Crippen molar-refractivity contribution in [3.05, 3.63) is 59.7 Å². The fourth-order valence-corrected chi connectivity index (χ4v) is 3.51. The van der Waals surface area contributed by atoms with Gasteiger partial charge in [-0.2, -0.15) is 0 Å². The van der Waals surface area contributed by atoms with Crippen LogP contribution in [0.1, 0.15) is 30.5 Å². The first-order chi connectivity index (χ1) is 9.86. The molecule has 1 aliphatic carbocycles. The fourth-order valence-electron chi connectivity index (χ4n) is 3.29.